The van der Waals surface area contributed by atoms with Crippen LogP contribution in [0.2, 0.25) is 0 Å². The highest BCUT2D eigenvalue weighted by Gasteiger charge is 2.29. The third-order valence-corrected chi connectivity index (χ3v) is 5.70. The van der Waals surface area contributed by atoms with Crippen molar-refractivity contribution in [1.82, 2.24) is 14.8 Å². The van der Waals surface area contributed by atoms with Crippen molar-refractivity contribution in [1.29, 1.82) is 0 Å². The molecule has 1 amide bonds. The second-order valence-corrected chi connectivity index (χ2v) is 7.55. The number of rotatable bonds is 4. The zero-order valence-corrected chi connectivity index (χ0v) is 16.6. The van der Waals surface area contributed by atoms with Crippen LogP contribution in [0.15, 0.2) is 89.5 Å². The highest BCUT2D eigenvalue weighted by Crippen LogP contribution is 2.30. The fourth-order valence-electron chi connectivity index (χ4n) is 4.20. The number of furan rings is 1. The molecule has 2 aromatic heterocycles. The van der Waals surface area contributed by atoms with Crippen molar-refractivity contribution in [3.8, 4) is 0 Å². The predicted octanol–water partition coefficient (Wildman–Crippen LogP) is 4.38. The number of amides is 1. The minimum absolute atomic E-state index is 0.0661. The van der Waals surface area contributed by atoms with Crippen LogP contribution < -0.4 is 0 Å². The maximum Gasteiger partial charge on any atom is 0.289 e. The predicted molar refractivity (Wildman–Crippen MR) is 116 cm³/mol. The molecule has 0 saturated carbocycles. The van der Waals surface area contributed by atoms with Gasteiger partial charge in [0.15, 0.2) is 11.3 Å². The molecule has 5 nitrogen and oxygen atoms in total. The molecule has 1 aliphatic rings. The number of benzene rings is 2. The number of hydrogen-bond acceptors (Lipinski definition) is 4. The molecule has 5 rings (SSSR count). The zero-order valence-electron chi connectivity index (χ0n) is 16.6. The van der Waals surface area contributed by atoms with Gasteiger partial charge in [-0.25, -0.2) is 0 Å². The first-order valence-corrected chi connectivity index (χ1v) is 10.3. The summed E-state index contributed by atoms with van der Waals surface area (Å²) in [5, 5.41) is 0. The zero-order chi connectivity index (χ0) is 20.3. The van der Waals surface area contributed by atoms with Gasteiger partial charge in [-0.1, -0.05) is 60.7 Å². The second-order valence-electron chi connectivity index (χ2n) is 7.55. The number of carbonyl (C=O) groups is 1. The van der Waals surface area contributed by atoms with Gasteiger partial charge in [-0.05, 0) is 23.3 Å². The molecular formula is C25H23N3O2. The molecule has 1 fully saturated rings. The van der Waals surface area contributed by atoms with Crippen LogP contribution >= 0.6 is 0 Å². The number of piperazine rings is 1. The highest BCUT2D eigenvalue weighted by atomic mass is 16.3. The van der Waals surface area contributed by atoms with Gasteiger partial charge in [0.2, 0.25) is 0 Å². The quantitative estimate of drug-likeness (QED) is 0.513. The Balaban J connectivity index is 1.34. The summed E-state index contributed by atoms with van der Waals surface area (Å²) in [7, 11) is 0. The lowest BCUT2D eigenvalue weighted by Crippen LogP contribution is -2.49. The Hall–Kier alpha value is -3.44. The molecule has 5 heteroatoms. The average Bonchev–Trinajstić information content (AvgIpc) is 3.25. The van der Waals surface area contributed by atoms with Crippen LogP contribution in [0.4, 0.5) is 0 Å². The van der Waals surface area contributed by atoms with Gasteiger partial charge in [-0.3, -0.25) is 14.7 Å². The molecule has 3 heterocycles. The fraction of sp³-hybridized carbons (Fsp3) is 0.200. The fourth-order valence-corrected chi connectivity index (χ4v) is 4.20. The van der Waals surface area contributed by atoms with E-state index < -0.39 is 0 Å². The van der Waals surface area contributed by atoms with Gasteiger partial charge in [-0.15, -0.1) is 0 Å². The summed E-state index contributed by atoms with van der Waals surface area (Å²) in [4.78, 5) is 21.6. The van der Waals surface area contributed by atoms with E-state index in [0.29, 0.717) is 29.9 Å². The topological polar surface area (TPSA) is 49.6 Å². The van der Waals surface area contributed by atoms with Crippen LogP contribution in [0.3, 0.4) is 0 Å². The minimum atomic E-state index is -0.0661. The van der Waals surface area contributed by atoms with Crippen molar-refractivity contribution in [2.75, 3.05) is 26.2 Å². The Morgan fingerprint density at radius 1 is 0.833 bits per heavy atom. The Morgan fingerprint density at radius 3 is 2.07 bits per heavy atom. The molecule has 0 atom stereocenters. The van der Waals surface area contributed by atoms with Crippen LogP contribution in [0.25, 0.3) is 11.1 Å². The van der Waals surface area contributed by atoms with Crippen LogP contribution in [0.1, 0.15) is 27.7 Å². The molecule has 0 aliphatic carbocycles. The Bertz CT molecular complexity index is 1060. The first-order chi connectivity index (χ1) is 14.8. The monoisotopic (exact) mass is 397 g/mol. The SMILES string of the molecule is O=C(c1cc2ncccc2o1)N1CCN(C(c2ccccc2)c2ccccc2)CC1. The minimum Gasteiger partial charge on any atom is -0.449 e. The van der Waals surface area contributed by atoms with Crippen LogP contribution in [-0.4, -0.2) is 46.9 Å². The number of nitrogens with zero attached hydrogens (tertiary/aromatic N) is 3. The summed E-state index contributed by atoms with van der Waals surface area (Å²) in [5.41, 5.74) is 3.90. The molecule has 1 saturated heterocycles. The van der Waals surface area contributed by atoms with E-state index in [1.807, 2.05) is 29.2 Å². The molecule has 0 bridgehead atoms. The van der Waals surface area contributed by atoms with E-state index in [4.69, 9.17) is 4.42 Å². The molecule has 0 unspecified atom stereocenters. The smallest absolute Gasteiger partial charge is 0.289 e. The van der Waals surface area contributed by atoms with E-state index in [0.717, 1.165) is 13.1 Å². The molecule has 150 valence electrons. The Morgan fingerprint density at radius 2 is 1.47 bits per heavy atom. The number of fused-ring (bicyclic) bond motifs is 1. The summed E-state index contributed by atoms with van der Waals surface area (Å²) in [5.74, 6) is 0.295. The third kappa shape index (κ3) is 3.60. The van der Waals surface area contributed by atoms with Gasteiger partial charge >= 0.3 is 0 Å². The Kier molecular flexibility index (Phi) is 5.03. The van der Waals surface area contributed by atoms with Crippen molar-refractivity contribution < 1.29 is 9.21 Å². The molecule has 2 aromatic carbocycles. The largest absolute Gasteiger partial charge is 0.449 e. The van der Waals surface area contributed by atoms with Crippen LogP contribution in [0.5, 0.6) is 0 Å². The molecule has 1 aliphatic heterocycles. The first-order valence-electron chi connectivity index (χ1n) is 10.3. The van der Waals surface area contributed by atoms with Gasteiger partial charge in [-0.2, -0.15) is 0 Å². The van der Waals surface area contributed by atoms with Crippen LogP contribution in [-0.2, 0) is 0 Å². The second kappa shape index (κ2) is 8.13. The van der Waals surface area contributed by atoms with Crippen molar-refractivity contribution in [2.45, 2.75) is 6.04 Å². The Labute approximate surface area is 175 Å². The van der Waals surface area contributed by atoms with E-state index in [-0.39, 0.29) is 11.9 Å². The standard InChI is InChI=1S/C25H23N3O2/c29-25(23-18-21-22(30-23)12-7-13-26-21)28-16-14-27(15-17-28)24(19-8-3-1-4-9-19)20-10-5-2-6-11-20/h1-13,18,24H,14-17H2. The maximum atomic E-state index is 13.0. The maximum absolute atomic E-state index is 13.0. The summed E-state index contributed by atoms with van der Waals surface area (Å²) in [6.45, 7) is 2.94. The number of hydrogen-bond donors (Lipinski definition) is 0. The molecule has 0 N–H and O–H groups in total. The van der Waals surface area contributed by atoms with Gasteiger partial charge in [0.05, 0.1) is 6.04 Å². The number of carbonyl (C=O) groups excluding carboxylic acids is 1. The molecule has 0 radical (unpaired) electrons. The van der Waals surface area contributed by atoms with Crippen molar-refractivity contribution in [3.05, 3.63) is 102 Å². The number of aromatic nitrogens is 1. The molecule has 0 spiro atoms. The van der Waals surface area contributed by atoms with E-state index in [9.17, 15) is 4.79 Å². The summed E-state index contributed by atoms with van der Waals surface area (Å²) >= 11 is 0. The van der Waals surface area contributed by atoms with Crippen molar-refractivity contribution >= 4 is 17.0 Å². The summed E-state index contributed by atoms with van der Waals surface area (Å²) in [6.07, 6.45) is 1.71. The van der Waals surface area contributed by atoms with Gasteiger partial charge in [0, 0.05) is 38.4 Å². The van der Waals surface area contributed by atoms with Gasteiger partial charge < -0.3 is 9.32 Å². The normalized spacial score (nSPS) is 15.0. The first kappa shape index (κ1) is 18.6. The average molecular weight is 397 g/mol. The van der Waals surface area contributed by atoms with Crippen molar-refractivity contribution in [2.24, 2.45) is 0 Å². The molecular weight excluding hydrogens is 374 g/mol. The van der Waals surface area contributed by atoms with Gasteiger partial charge in [0.1, 0.15) is 5.52 Å². The van der Waals surface area contributed by atoms with Gasteiger partial charge in [0.25, 0.3) is 5.91 Å². The van der Waals surface area contributed by atoms with E-state index >= 15 is 0 Å². The summed E-state index contributed by atoms with van der Waals surface area (Å²) in [6, 6.07) is 26.7. The van der Waals surface area contributed by atoms with E-state index in [1.54, 1.807) is 12.3 Å². The summed E-state index contributed by atoms with van der Waals surface area (Å²) < 4.78 is 5.73. The third-order valence-electron chi connectivity index (χ3n) is 5.70. The van der Waals surface area contributed by atoms with E-state index in [2.05, 4.69) is 58.4 Å². The van der Waals surface area contributed by atoms with Crippen molar-refractivity contribution in [3.63, 3.8) is 0 Å². The van der Waals surface area contributed by atoms with Crippen LogP contribution in [0, 0.1) is 0 Å². The van der Waals surface area contributed by atoms with E-state index in [1.165, 1.54) is 11.1 Å². The molecule has 30 heavy (non-hydrogen) atoms. The molecule has 4 aromatic rings. The number of pyridine rings is 1. The highest BCUT2D eigenvalue weighted by molar-refractivity contribution is 5.95. The lowest BCUT2D eigenvalue weighted by molar-refractivity contribution is 0.0570. The lowest BCUT2D eigenvalue weighted by Gasteiger charge is -2.39. The lowest BCUT2D eigenvalue weighted by atomic mass is 9.96.